The minimum absolute atomic E-state index is 0. The summed E-state index contributed by atoms with van der Waals surface area (Å²) >= 11 is 0. The molecule has 2 rings (SSSR count). The van der Waals surface area contributed by atoms with E-state index in [2.05, 4.69) is 70.9 Å². The van der Waals surface area contributed by atoms with Gasteiger partial charge in [-0.25, -0.2) is 4.99 Å². The molecule has 0 atom stereocenters. The Kier molecular flexibility index (Phi) is 10.1. The number of unbranched alkanes of at least 4 members (excludes halogenated alkanes) is 1. The van der Waals surface area contributed by atoms with E-state index >= 15 is 0 Å². The molecule has 0 unspecified atom stereocenters. The van der Waals surface area contributed by atoms with Crippen molar-refractivity contribution < 1.29 is 0 Å². The number of hydrogen-bond acceptors (Lipinski definition) is 3. The molecule has 6 nitrogen and oxygen atoms in total. The van der Waals surface area contributed by atoms with Crippen molar-refractivity contribution in [3.05, 3.63) is 47.5 Å². The third-order valence-corrected chi connectivity index (χ3v) is 3.81. The molecule has 1 aromatic carbocycles. The highest BCUT2D eigenvalue weighted by Crippen LogP contribution is 2.04. The number of aromatic nitrogens is 3. The van der Waals surface area contributed by atoms with Crippen molar-refractivity contribution in [1.29, 1.82) is 0 Å². The van der Waals surface area contributed by atoms with E-state index in [1.54, 1.807) is 6.33 Å². The number of halogens is 1. The first-order chi connectivity index (χ1) is 11.7. The summed E-state index contributed by atoms with van der Waals surface area (Å²) in [4.78, 5) is 4.69. The summed E-state index contributed by atoms with van der Waals surface area (Å²) < 4.78 is 2.02. The quantitative estimate of drug-likeness (QED) is 0.277. The molecule has 2 N–H and O–H groups in total. The standard InChI is InChI=1S/C18H28N6.HI/c1-4-6-11-19-18(20-12-16-9-7-15(3)8-10-16)21-13-17-23-22-14-24(17)5-2;/h7-10,14H,4-6,11-13H2,1-3H3,(H2,19,20,21);1H. The first-order valence-electron chi connectivity index (χ1n) is 8.67. The van der Waals surface area contributed by atoms with Crippen LogP contribution >= 0.6 is 24.0 Å². The number of nitrogens with zero attached hydrogens (tertiary/aromatic N) is 4. The topological polar surface area (TPSA) is 67.1 Å². The van der Waals surface area contributed by atoms with Gasteiger partial charge in [0.05, 0.1) is 13.1 Å². The van der Waals surface area contributed by atoms with E-state index < -0.39 is 0 Å². The molecule has 1 heterocycles. The second kappa shape index (κ2) is 11.8. The Morgan fingerprint density at radius 3 is 2.60 bits per heavy atom. The molecule has 7 heteroatoms. The van der Waals surface area contributed by atoms with Gasteiger partial charge in [0.25, 0.3) is 0 Å². The van der Waals surface area contributed by atoms with Gasteiger partial charge >= 0.3 is 0 Å². The zero-order chi connectivity index (χ0) is 17.2. The molecular formula is C18H29IN6. The lowest BCUT2D eigenvalue weighted by molar-refractivity contribution is 0.663. The monoisotopic (exact) mass is 456 g/mol. The summed E-state index contributed by atoms with van der Waals surface area (Å²) in [6.45, 7) is 9.40. The maximum Gasteiger partial charge on any atom is 0.191 e. The zero-order valence-corrected chi connectivity index (χ0v) is 17.7. The van der Waals surface area contributed by atoms with Crippen LogP contribution in [0.5, 0.6) is 0 Å². The summed E-state index contributed by atoms with van der Waals surface area (Å²) in [5.41, 5.74) is 2.47. The van der Waals surface area contributed by atoms with Crippen molar-refractivity contribution in [2.45, 2.75) is 53.2 Å². The number of rotatable bonds is 8. The van der Waals surface area contributed by atoms with Crippen LogP contribution < -0.4 is 10.6 Å². The second-order valence-corrected chi connectivity index (χ2v) is 5.82. The molecule has 0 spiro atoms. The molecule has 138 valence electrons. The van der Waals surface area contributed by atoms with Gasteiger partial charge < -0.3 is 15.2 Å². The molecule has 0 aliphatic rings. The lowest BCUT2D eigenvalue weighted by atomic mass is 10.1. The normalized spacial score (nSPS) is 11.1. The molecule has 25 heavy (non-hydrogen) atoms. The SMILES string of the molecule is CCCCNC(=NCc1ccc(C)cc1)NCc1nncn1CC.I. The fourth-order valence-electron chi connectivity index (χ4n) is 2.26. The van der Waals surface area contributed by atoms with E-state index in [4.69, 9.17) is 0 Å². The van der Waals surface area contributed by atoms with Gasteiger partial charge in [-0.2, -0.15) is 0 Å². The van der Waals surface area contributed by atoms with Crippen molar-refractivity contribution in [3.8, 4) is 0 Å². The van der Waals surface area contributed by atoms with Crippen LogP contribution in [0.2, 0.25) is 0 Å². The molecule has 0 aliphatic carbocycles. The second-order valence-electron chi connectivity index (χ2n) is 5.82. The van der Waals surface area contributed by atoms with E-state index in [-0.39, 0.29) is 24.0 Å². The fraction of sp³-hybridized carbons (Fsp3) is 0.500. The predicted molar refractivity (Wildman–Crippen MR) is 113 cm³/mol. The Morgan fingerprint density at radius 2 is 1.92 bits per heavy atom. The third-order valence-electron chi connectivity index (χ3n) is 3.81. The Labute approximate surface area is 167 Å². The van der Waals surface area contributed by atoms with Crippen LogP contribution in [0.15, 0.2) is 35.6 Å². The van der Waals surface area contributed by atoms with Gasteiger partial charge in [-0.3, -0.25) is 0 Å². The number of aryl methyl sites for hydroxylation is 2. The molecule has 0 radical (unpaired) electrons. The number of nitrogens with one attached hydrogen (secondary N) is 2. The van der Waals surface area contributed by atoms with E-state index in [0.717, 1.165) is 37.7 Å². The molecule has 0 fully saturated rings. The van der Waals surface area contributed by atoms with E-state index in [0.29, 0.717) is 13.1 Å². The summed E-state index contributed by atoms with van der Waals surface area (Å²) in [7, 11) is 0. The maximum absolute atomic E-state index is 4.69. The average Bonchev–Trinajstić information content (AvgIpc) is 3.06. The molecule has 0 amide bonds. The number of aliphatic imine (C=N–C) groups is 1. The van der Waals surface area contributed by atoms with Crippen LogP contribution in [0.1, 0.15) is 43.6 Å². The molecule has 0 bridgehead atoms. The molecule has 2 aromatic rings. The van der Waals surface area contributed by atoms with Crippen molar-refractivity contribution >= 4 is 29.9 Å². The van der Waals surface area contributed by atoms with Crippen LogP contribution in [0.4, 0.5) is 0 Å². The Bertz CT molecular complexity index is 635. The highest BCUT2D eigenvalue weighted by molar-refractivity contribution is 14.0. The first kappa shape index (κ1) is 21.4. The lowest BCUT2D eigenvalue weighted by Crippen LogP contribution is -2.38. The van der Waals surface area contributed by atoms with Gasteiger partial charge in [-0.1, -0.05) is 43.2 Å². The highest BCUT2D eigenvalue weighted by Gasteiger charge is 2.04. The maximum atomic E-state index is 4.69. The molecule has 0 saturated heterocycles. The first-order valence-corrected chi connectivity index (χ1v) is 8.67. The van der Waals surface area contributed by atoms with Crippen LogP contribution in [0.3, 0.4) is 0 Å². The number of benzene rings is 1. The van der Waals surface area contributed by atoms with E-state index in [1.165, 1.54) is 11.1 Å². The molecule has 1 aromatic heterocycles. The van der Waals surface area contributed by atoms with Crippen molar-refractivity contribution in [1.82, 2.24) is 25.4 Å². The van der Waals surface area contributed by atoms with Crippen molar-refractivity contribution in [2.24, 2.45) is 4.99 Å². The fourth-order valence-corrected chi connectivity index (χ4v) is 2.26. The largest absolute Gasteiger partial charge is 0.356 e. The van der Waals surface area contributed by atoms with Gasteiger partial charge in [-0.05, 0) is 25.8 Å². The Balaban J connectivity index is 0.00000312. The predicted octanol–water partition coefficient (Wildman–Crippen LogP) is 3.26. The van der Waals surface area contributed by atoms with Gasteiger partial charge in [0.1, 0.15) is 6.33 Å². The van der Waals surface area contributed by atoms with Gasteiger partial charge in [-0.15, -0.1) is 34.2 Å². The lowest BCUT2D eigenvalue weighted by Gasteiger charge is -2.12. The van der Waals surface area contributed by atoms with Crippen molar-refractivity contribution in [2.75, 3.05) is 6.54 Å². The van der Waals surface area contributed by atoms with Gasteiger partial charge in [0.15, 0.2) is 11.8 Å². The van der Waals surface area contributed by atoms with Crippen LogP contribution in [-0.4, -0.2) is 27.3 Å². The van der Waals surface area contributed by atoms with Crippen LogP contribution in [-0.2, 0) is 19.6 Å². The van der Waals surface area contributed by atoms with Gasteiger partial charge in [0, 0.05) is 13.1 Å². The highest BCUT2D eigenvalue weighted by atomic mass is 127. The number of hydrogen-bond donors (Lipinski definition) is 2. The minimum atomic E-state index is 0. The van der Waals surface area contributed by atoms with Crippen molar-refractivity contribution in [3.63, 3.8) is 0 Å². The molecular weight excluding hydrogens is 427 g/mol. The third kappa shape index (κ3) is 7.41. The minimum Gasteiger partial charge on any atom is -0.356 e. The van der Waals surface area contributed by atoms with Crippen LogP contribution in [0.25, 0.3) is 0 Å². The van der Waals surface area contributed by atoms with Crippen LogP contribution in [0, 0.1) is 6.92 Å². The number of guanidine groups is 1. The van der Waals surface area contributed by atoms with Gasteiger partial charge in [0.2, 0.25) is 0 Å². The van der Waals surface area contributed by atoms with E-state index in [9.17, 15) is 0 Å². The smallest absolute Gasteiger partial charge is 0.191 e. The summed E-state index contributed by atoms with van der Waals surface area (Å²) in [6, 6.07) is 8.48. The van der Waals surface area contributed by atoms with E-state index in [1.807, 2.05) is 4.57 Å². The Morgan fingerprint density at radius 1 is 1.16 bits per heavy atom. The Hall–Kier alpha value is -1.64. The summed E-state index contributed by atoms with van der Waals surface area (Å²) in [5.74, 6) is 1.73. The average molecular weight is 456 g/mol. The molecule has 0 saturated carbocycles. The summed E-state index contributed by atoms with van der Waals surface area (Å²) in [6.07, 6.45) is 4.03. The molecule has 0 aliphatic heterocycles. The summed E-state index contributed by atoms with van der Waals surface area (Å²) in [5, 5.41) is 14.8. The zero-order valence-electron chi connectivity index (χ0n) is 15.3.